The smallest absolute Gasteiger partial charge is 0.259 e. The van der Waals surface area contributed by atoms with E-state index in [2.05, 4.69) is 20.4 Å². The van der Waals surface area contributed by atoms with Gasteiger partial charge in [-0.05, 0) is 31.7 Å². The Labute approximate surface area is 171 Å². The van der Waals surface area contributed by atoms with Crippen molar-refractivity contribution in [1.82, 2.24) is 15.1 Å². The molecule has 0 radical (unpaired) electrons. The molecule has 1 aromatic carbocycles. The van der Waals surface area contributed by atoms with Gasteiger partial charge in [0.05, 0.1) is 22.3 Å². The first-order valence-corrected chi connectivity index (χ1v) is 10.8. The molecule has 6 nitrogen and oxygen atoms in total. The quantitative estimate of drug-likeness (QED) is 0.486. The zero-order valence-corrected chi connectivity index (χ0v) is 16.4. The molecule has 1 amide bonds. The summed E-state index contributed by atoms with van der Waals surface area (Å²) in [5, 5.41) is 10.5. The summed E-state index contributed by atoms with van der Waals surface area (Å²) in [5.74, 6) is 0.615. The van der Waals surface area contributed by atoms with Gasteiger partial charge in [-0.1, -0.05) is 35.5 Å². The van der Waals surface area contributed by atoms with Crippen LogP contribution in [0.25, 0.3) is 22.4 Å². The Kier molecular flexibility index (Phi) is 3.77. The van der Waals surface area contributed by atoms with E-state index in [1.165, 1.54) is 11.3 Å². The lowest BCUT2D eigenvalue weighted by Crippen LogP contribution is -2.13. The number of benzene rings is 1. The van der Waals surface area contributed by atoms with Crippen molar-refractivity contribution in [3.05, 3.63) is 58.7 Å². The van der Waals surface area contributed by atoms with Gasteiger partial charge in [0.25, 0.3) is 11.6 Å². The lowest BCUT2D eigenvalue weighted by Gasteiger charge is -2.06. The molecule has 2 saturated carbocycles. The van der Waals surface area contributed by atoms with Gasteiger partial charge in [0.15, 0.2) is 5.13 Å². The Hall–Kier alpha value is -3.06. The van der Waals surface area contributed by atoms with E-state index in [0.29, 0.717) is 28.2 Å². The van der Waals surface area contributed by atoms with Crippen molar-refractivity contribution in [2.24, 2.45) is 0 Å². The molecule has 144 valence electrons. The van der Waals surface area contributed by atoms with E-state index in [0.717, 1.165) is 53.7 Å². The van der Waals surface area contributed by atoms with Crippen LogP contribution in [0, 0.1) is 0 Å². The van der Waals surface area contributed by atoms with Crippen molar-refractivity contribution < 1.29 is 9.32 Å². The molecular formula is C22H18N4O2S. The van der Waals surface area contributed by atoms with Gasteiger partial charge in [0.2, 0.25) is 0 Å². The molecular weight excluding hydrogens is 384 g/mol. The number of hydrogen-bond acceptors (Lipinski definition) is 6. The maximum atomic E-state index is 13.2. The molecule has 29 heavy (non-hydrogen) atoms. The standard InChI is InChI=1S/C22H18N4O2S/c27-20(25-22-24-17(11-29-22)12-4-2-1-3-5-12)15-10-16(13-6-7-13)23-21-18(15)19(26-28-21)14-8-9-14/h1-5,10-11,13-14H,6-9H2,(H,24,25,27). The van der Waals surface area contributed by atoms with Gasteiger partial charge in [0.1, 0.15) is 0 Å². The first kappa shape index (κ1) is 16.9. The van der Waals surface area contributed by atoms with Gasteiger partial charge in [-0.3, -0.25) is 10.1 Å². The van der Waals surface area contributed by atoms with Crippen molar-refractivity contribution in [3.63, 3.8) is 0 Å². The average molecular weight is 402 g/mol. The van der Waals surface area contributed by atoms with Gasteiger partial charge in [-0.15, -0.1) is 11.3 Å². The van der Waals surface area contributed by atoms with Crippen molar-refractivity contribution in [1.29, 1.82) is 0 Å². The third-order valence-electron chi connectivity index (χ3n) is 5.49. The molecule has 6 rings (SSSR count). The van der Waals surface area contributed by atoms with E-state index in [9.17, 15) is 4.79 Å². The second-order valence-corrected chi connectivity index (χ2v) is 8.61. The summed E-state index contributed by atoms with van der Waals surface area (Å²) in [6.45, 7) is 0. The number of aromatic nitrogens is 3. The fourth-order valence-corrected chi connectivity index (χ4v) is 4.35. The molecule has 4 aromatic rings. The van der Waals surface area contributed by atoms with Crippen LogP contribution in [0.5, 0.6) is 0 Å². The van der Waals surface area contributed by atoms with Gasteiger partial charge in [-0.2, -0.15) is 0 Å². The van der Waals surface area contributed by atoms with E-state index in [1.807, 2.05) is 41.8 Å². The molecule has 3 aromatic heterocycles. The fraction of sp³-hybridized carbons (Fsp3) is 0.273. The molecule has 3 heterocycles. The van der Waals surface area contributed by atoms with Crippen LogP contribution in [0.4, 0.5) is 5.13 Å². The second kappa shape index (κ2) is 6.49. The number of fused-ring (bicyclic) bond motifs is 1. The fourth-order valence-electron chi connectivity index (χ4n) is 3.63. The van der Waals surface area contributed by atoms with Crippen molar-refractivity contribution in [2.75, 3.05) is 5.32 Å². The largest absolute Gasteiger partial charge is 0.335 e. The molecule has 0 atom stereocenters. The molecule has 7 heteroatoms. The van der Waals surface area contributed by atoms with Crippen LogP contribution in [-0.4, -0.2) is 21.0 Å². The maximum Gasteiger partial charge on any atom is 0.259 e. The van der Waals surface area contributed by atoms with E-state index >= 15 is 0 Å². The molecule has 2 aliphatic carbocycles. The average Bonchev–Trinajstić information content (AvgIpc) is 3.68. The normalized spacial score (nSPS) is 16.3. The van der Waals surface area contributed by atoms with E-state index in [1.54, 1.807) is 0 Å². The number of rotatable bonds is 5. The van der Waals surface area contributed by atoms with Crippen LogP contribution in [0.3, 0.4) is 0 Å². The minimum Gasteiger partial charge on any atom is -0.335 e. The number of hydrogen-bond donors (Lipinski definition) is 1. The summed E-state index contributed by atoms with van der Waals surface area (Å²) < 4.78 is 5.52. The summed E-state index contributed by atoms with van der Waals surface area (Å²) in [6, 6.07) is 11.9. The van der Waals surface area contributed by atoms with E-state index < -0.39 is 0 Å². The number of thiazole rings is 1. The minimum absolute atomic E-state index is 0.182. The Morgan fingerprint density at radius 2 is 1.86 bits per heavy atom. The third-order valence-corrected chi connectivity index (χ3v) is 6.25. The van der Waals surface area contributed by atoms with E-state index in [-0.39, 0.29) is 5.91 Å². The summed E-state index contributed by atoms with van der Waals surface area (Å²) in [4.78, 5) is 22.4. The Morgan fingerprint density at radius 3 is 2.62 bits per heavy atom. The minimum atomic E-state index is -0.182. The Morgan fingerprint density at radius 1 is 1.07 bits per heavy atom. The first-order chi connectivity index (χ1) is 14.3. The van der Waals surface area contributed by atoms with Crippen molar-refractivity contribution in [2.45, 2.75) is 37.5 Å². The van der Waals surface area contributed by atoms with Crippen LogP contribution in [0.1, 0.15) is 59.3 Å². The monoisotopic (exact) mass is 402 g/mol. The highest BCUT2D eigenvalue weighted by molar-refractivity contribution is 7.14. The zero-order chi connectivity index (χ0) is 19.4. The number of pyridine rings is 1. The highest BCUT2D eigenvalue weighted by Gasteiger charge is 2.34. The first-order valence-electron chi connectivity index (χ1n) is 9.89. The lowest BCUT2D eigenvalue weighted by atomic mass is 10.1. The number of nitrogens with one attached hydrogen (secondary N) is 1. The number of amides is 1. The SMILES string of the molecule is O=C(Nc1nc(-c2ccccc2)cs1)c1cc(C2CC2)nc2onc(C3CC3)c12. The molecule has 2 fully saturated rings. The second-order valence-electron chi connectivity index (χ2n) is 7.75. The van der Waals surface area contributed by atoms with Gasteiger partial charge >= 0.3 is 0 Å². The van der Waals surface area contributed by atoms with Crippen LogP contribution < -0.4 is 5.32 Å². The van der Waals surface area contributed by atoms with E-state index in [4.69, 9.17) is 4.52 Å². The van der Waals surface area contributed by atoms with Gasteiger partial charge in [0, 0.05) is 28.5 Å². The molecule has 0 aliphatic heterocycles. The van der Waals surface area contributed by atoms with Crippen LogP contribution in [-0.2, 0) is 0 Å². The summed E-state index contributed by atoms with van der Waals surface area (Å²) in [7, 11) is 0. The molecule has 0 bridgehead atoms. The van der Waals surface area contributed by atoms with Crippen molar-refractivity contribution in [3.8, 4) is 11.3 Å². The molecule has 0 saturated heterocycles. The summed E-state index contributed by atoms with van der Waals surface area (Å²) in [5.41, 5.74) is 4.74. The van der Waals surface area contributed by atoms with Crippen LogP contribution in [0.15, 0.2) is 46.3 Å². The number of carbonyl (C=O) groups is 1. The van der Waals surface area contributed by atoms with Gasteiger partial charge < -0.3 is 4.52 Å². The highest BCUT2D eigenvalue weighted by Crippen LogP contribution is 2.45. The maximum absolute atomic E-state index is 13.2. The topological polar surface area (TPSA) is 80.9 Å². The third kappa shape index (κ3) is 3.11. The van der Waals surface area contributed by atoms with Gasteiger partial charge in [-0.25, -0.2) is 9.97 Å². The highest BCUT2D eigenvalue weighted by atomic mass is 32.1. The number of carbonyl (C=O) groups excluding carboxylic acids is 1. The predicted molar refractivity (Wildman–Crippen MR) is 111 cm³/mol. The molecule has 1 N–H and O–H groups in total. The number of anilines is 1. The number of nitrogens with zero attached hydrogens (tertiary/aromatic N) is 3. The summed E-state index contributed by atoms with van der Waals surface area (Å²) in [6.07, 6.45) is 4.38. The zero-order valence-electron chi connectivity index (χ0n) is 15.6. The van der Waals surface area contributed by atoms with Crippen molar-refractivity contribution >= 4 is 33.5 Å². The predicted octanol–water partition coefficient (Wildman–Crippen LogP) is 5.35. The van der Waals surface area contributed by atoms with Crippen LogP contribution >= 0.6 is 11.3 Å². The lowest BCUT2D eigenvalue weighted by molar-refractivity contribution is 0.102. The molecule has 2 aliphatic rings. The molecule has 0 spiro atoms. The Balaban J connectivity index is 1.36. The summed E-state index contributed by atoms with van der Waals surface area (Å²) >= 11 is 1.42. The molecule has 0 unspecified atom stereocenters. The Bertz CT molecular complexity index is 1220. The van der Waals surface area contributed by atoms with Crippen LogP contribution in [0.2, 0.25) is 0 Å².